The number of ether oxygens (including phenoxy) is 2. The van der Waals surface area contributed by atoms with Gasteiger partial charge in [0.1, 0.15) is 11.4 Å². The molecule has 2 N–H and O–H groups in total. The van der Waals surface area contributed by atoms with Crippen LogP contribution in [0.5, 0.6) is 0 Å². The molecule has 4 heterocycles. The number of hydrogen-bond donors (Lipinski definition) is 2. The predicted octanol–water partition coefficient (Wildman–Crippen LogP) is 2.87. The van der Waals surface area contributed by atoms with Crippen molar-refractivity contribution in [1.29, 1.82) is 0 Å². The number of nitrogens with zero attached hydrogens (tertiary/aromatic N) is 3. The topological polar surface area (TPSA) is 81.3 Å². The molecule has 158 valence electrons. The fourth-order valence-electron chi connectivity index (χ4n) is 3.94. The number of H-pyrrole nitrogens is 1. The van der Waals surface area contributed by atoms with Crippen molar-refractivity contribution in [3.63, 3.8) is 0 Å². The van der Waals surface area contributed by atoms with E-state index in [-0.39, 0.29) is 6.09 Å². The molecule has 0 spiro atoms. The van der Waals surface area contributed by atoms with Gasteiger partial charge in [-0.15, -0.1) is 0 Å². The third-order valence-electron chi connectivity index (χ3n) is 5.41. The molecule has 0 saturated carbocycles. The number of carbonyl (C=O) groups excluding carboxylic acids is 1. The van der Waals surface area contributed by atoms with Crippen LogP contribution in [0, 0.1) is 0 Å². The highest BCUT2D eigenvalue weighted by atomic mass is 16.6. The molecule has 1 aromatic heterocycles. The number of hydroxylamine groups is 2. The average Bonchev–Trinajstić information content (AvgIpc) is 3.09. The Kier molecular flexibility index (Phi) is 5.31. The van der Waals surface area contributed by atoms with E-state index in [1.807, 2.05) is 33.0 Å². The average molecular weight is 402 g/mol. The zero-order valence-corrected chi connectivity index (χ0v) is 17.4. The Balaban J connectivity index is 1.49. The minimum atomic E-state index is -0.490. The van der Waals surface area contributed by atoms with Crippen LogP contribution in [-0.4, -0.2) is 76.1 Å². The summed E-state index contributed by atoms with van der Waals surface area (Å²) in [5.74, 6) is 0.808. The van der Waals surface area contributed by atoms with Gasteiger partial charge in [-0.25, -0.2) is 9.86 Å². The maximum atomic E-state index is 12.3. The van der Waals surface area contributed by atoms with Gasteiger partial charge in [-0.2, -0.15) is 0 Å². The largest absolute Gasteiger partial charge is 0.444 e. The Morgan fingerprint density at radius 3 is 2.66 bits per heavy atom. The molecule has 3 aliphatic heterocycles. The summed E-state index contributed by atoms with van der Waals surface area (Å²) in [7, 11) is 0. The maximum Gasteiger partial charge on any atom is 0.410 e. The van der Waals surface area contributed by atoms with Crippen molar-refractivity contribution in [3.05, 3.63) is 34.9 Å². The van der Waals surface area contributed by atoms with Crippen molar-refractivity contribution in [2.75, 3.05) is 39.4 Å². The number of fused-ring (bicyclic) bond motifs is 1. The molecule has 0 aliphatic carbocycles. The first-order valence-corrected chi connectivity index (χ1v) is 10.2. The highest BCUT2D eigenvalue weighted by Crippen LogP contribution is 2.33. The summed E-state index contributed by atoms with van der Waals surface area (Å²) in [5, 5.41) is 11.9. The highest BCUT2D eigenvalue weighted by Gasteiger charge is 2.28. The van der Waals surface area contributed by atoms with Gasteiger partial charge < -0.3 is 24.3 Å². The van der Waals surface area contributed by atoms with E-state index >= 15 is 0 Å². The van der Waals surface area contributed by atoms with Crippen molar-refractivity contribution in [1.82, 2.24) is 19.8 Å². The second-order valence-electron chi connectivity index (χ2n) is 8.66. The highest BCUT2D eigenvalue weighted by molar-refractivity contribution is 5.76. The van der Waals surface area contributed by atoms with E-state index in [0.29, 0.717) is 32.8 Å². The number of aromatic nitrogens is 1. The summed E-state index contributed by atoms with van der Waals surface area (Å²) in [4.78, 5) is 19.5. The lowest BCUT2D eigenvalue weighted by Gasteiger charge is -2.36. The normalized spacial score (nSPS) is 20.2. The molecule has 3 aliphatic rings. The molecule has 1 aromatic rings. The van der Waals surface area contributed by atoms with E-state index in [0.717, 1.165) is 42.2 Å². The van der Waals surface area contributed by atoms with E-state index in [1.165, 1.54) is 10.6 Å². The first kappa shape index (κ1) is 19.8. The standard InChI is InChI=1S/C21H30N4O4/c1-21(2,3)29-20(26)24-6-4-15(5-7-24)16-13-22-18-12-19(25(27)14-17(16)18)23-8-10-28-11-9-23/h4,12-13,22,27H,5-11,14H2,1-3H3. The molecule has 0 aromatic carbocycles. The van der Waals surface area contributed by atoms with Gasteiger partial charge in [-0.05, 0) is 32.8 Å². The number of carbonyl (C=O) groups is 1. The molecular formula is C21H30N4O4. The molecule has 1 fully saturated rings. The monoisotopic (exact) mass is 402 g/mol. The van der Waals surface area contributed by atoms with Gasteiger partial charge in [0.15, 0.2) is 0 Å². The van der Waals surface area contributed by atoms with E-state index in [2.05, 4.69) is 16.0 Å². The van der Waals surface area contributed by atoms with Crippen molar-refractivity contribution in [3.8, 4) is 0 Å². The van der Waals surface area contributed by atoms with Crippen LogP contribution < -0.4 is 0 Å². The minimum Gasteiger partial charge on any atom is -0.444 e. The van der Waals surface area contributed by atoms with E-state index in [9.17, 15) is 10.0 Å². The van der Waals surface area contributed by atoms with Crippen LogP contribution in [0.3, 0.4) is 0 Å². The summed E-state index contributed by atoms with van der Waals surface area (Å²) < 4.78 is 10.9. The second-order valence-corrected chi connectivity index (χ2v) is 8.66. The minimum absolute atomic E-state index is 0.275. The summed E-state index contributed by atoms with van der Waals surface area (Å²) >= 11 is 0. The number of nitrogens with one attached hydrogen (secondary N) is 1. The molecule has 0 radical (unpaired) electrons. The SMILES string of the molecule is CC(C)(C)OC(=O)N1CC=C(c2c[nH]c3c2CN(O)C(N2CCOCC2)=C3)CC1. The van der Waals surface area contributed by atoms with Crippen molar-refractivity contribution < 1.29 is 19.5 Å². The molecule has 0 unspecified atom stereocenters. The van der Waals surface area contributed by atoms with Gasteiger partial charge in [-0.3, -0.25) is 5.21 Å². The lowest BCUT2D eigenvalue weighted by atomic mass is 9.96. The summed E-state index contributed by atoms with van der Waals surface area (Å²) in [6, 6.07) is 0. The summed E-state index contributed by atoms with van der Waals surface area (Å²) in [5.41, 5.74) is 3.93. The van der Waals surface area contributed by atoms with Crippen LogP contribution in [0.2, 0.25) is 0 Å². The van der Waals surface area contributed by atoms with Crippen LogP contribution >= 0.6 is 0 Å². The Bertz CT molecular complexity index is 830. The zero-order valence-electron chi connectivity index (χ0n) is 17.4. The smallest absolute Gasteiger partial charge is 0.410 e. The molecule has 0 atom stereocenters. The predicted molar refractivity (Wildman–Crippen MR) is 109 cm³/mol. The molecular weight excluding hydrogens is 372 g/mol. The summed E-state index contributed by atoms with van der Waals surface area (Å²) in [6.07, 6.45) is 6.58. The Morgan fingerprint density at radius 1 is 1.24 bits per heavy atom. The molecule has 8 heteroatoms. The Hall–Kier alpha value is -2.45. The first-order valence-electron chi connectivity index (χ1n) is 10.2. The van der Waals surface area contributed by atoms with E-state index < -0.39 is 5.60 Å². The van der Waals surface area contributed by atoms with Crippen molar-refractivity contribution >= 4 is 17.7 Å². The number of amides is 1. The second kappa shape index (κ2) is 7.76. The van der Waals surface area contributed by atoms with Gasteiger partial charge in [0, 0.05) is 55.3 Å². The van der Waals surface area contributed by atoms with Crippen LogP contribution in [-0.2, 0) is 16.0 Å². The lowest BCUT2D eigenvalue weighted by molar-refractivity contribution is -0.0993. The van der Waals surface area contributed by atoms with Crippen LogP contribution in [0.25, 0.3) is 11.6 Å². The van der Waals surface area contributed by atoms with Gasteiger partial charge >= 0.3 is 6.09 Å². The van der Waals surface area contributed by atoms with Crippen LogP contribution in [0.1, 0.15) is 44.0 Å². The number of morpholine rings is 1. The first-order chi connectivity index (χ1) is 13.8. The Morgan fingerprint density at radius 2 is 2.00 bits per heavy atom. The lowest BCUT2D eigenvalue weighted by Crippen LogP contribution is -2.42. The quantitative estimate of drug-likeness (QED) is 0.792. The fourth-order valence-corrected chi connectivity index (χ4v) is 3.94. The third kappa shape index (κ3) is 4.28. The summed E-state index contributed by atoms with van der Waals surface area (Å²) in [6.45, 7) is 10.1. The third-order valence-corrected chi connectivity index (χ3v) is 5.41. The molecule has 4 rings (SSSR count). The number of aromatic amines is 1. The molecule has 8 nitrogen and oxygen atoms in total. The van der Waals surface area contributed by atoms with Crippen LogP contribution in [0.15, 0.2) is 18.1 Å². The Labute approximate surface area is 171 Å². The van der Waals surface area contributed by atoms with Crippen molar-refractivity contribution in [2.45, 2.75) is 39.3 Å². The van der Waals surface area contributed by atoms with Crippen LogP contribution in [0.4, 0.5) is 4.79 Å². The maximum absolute atomic E-state index is 12.3. The number of hydrogen-bond acceptors (Lipinski definition) is 6. The van der Waals surface area contributed by atoms with E-state index in [4.69, 9.17) is 9.47 Å². The zero-order chi connectivity index (χ0) is 20.6. The fraction of sp³-hybridized carbons (Fsp3) is 0.571. The number of rotatable bonds is 2. The molecule has 1 saturated heterocycles. The van der Waals surface area contributed by atoms with Gasteiger partial charge in [0.2, 0.25) is 0 Å². The molecule has 29 heavy (non-hydrogen) atoms. The van der Waals surface area contributed by atoms with Crippen molar-refractivity contribution in [2.24, 2.45) is 0 Å². The van der Waals surface area contributed by atoms with E-state index in [1.54, 1.807) is 4.90 Å². The van der Waals surface area contributed by atoms with Gasteiger partial charge in [0.25, 0.3) is 0 Å². The van der Waals surface area contributed by atoms with Gasteiger partial charge in [0.05, 0.1) is 19.8 Å². The van der Waals surface area contributed by atoms with Gasteiger partial charge in [-0.1, -0.05) is 6.08 Å². The molecule has 1 amide bonds. The molecule has 0 bridgehead atoms.